The summed E-state index contributed by atoms with van der Waals surface area (Å²) in [5.41, 5.74) is 0.425. The number of hydrogen-bond acceptors (Lipinski definition) is 4. The smallest absolute Gasteiger partial charge is 0.340 e. The van der Waals surface area contributed by atoms with Crippen LogP contribution in [0.5, 0.6) is 5.75 Å². The van der Waals surface area contributed by atoms with Gasteiger partial charge in [-0.2, -0.15) is 5.26 Å². The molecule has 0 atom stereocenters. The van der Waals surface area contributed by atoms with E-state index in [0.29, 0.717) is 10.2 Å². The normalized spacial score (nSPS) is 9.20. The van der Waals surface area contributed by atoms with Gasteiger partial charge in [-0.25, -0.2) is 4.79 Å². The zero-order valence-corrected chi connectivity index (χ0v) is 9.79. The summed E-state index contributed by atoms with van der Waals surface area (Å²) in [5.74, 6) is -0.0489. The molecule has 4 nitrogen and oxygen atoms in total. The zero-order valence-electron chi connectivity index (χ0n) is 8.20. The maximum atomic E-state index is 11.4. The Kier molecular flexibility index (Phi) is 3.69. The third kappa shape index (κ3) is 2.28. The second-order valence-corrected chi connectivity index (χ2v) is 3.49. The molecular formula is C10H8BrNO3. The fourth-order valence-corrected chi connectivity index (χ4v) is 1.70. The van der Waals surface area contributed by atoms with Gasteiger partial charge in [0.2, 0.25) is 0 Å². The highest BCUT2D eigenvalue weighted by molar-refractivity contribution is 9.10. The maximum Gasteiger partial charge on any atom is 0.340 e. The van der Waals surface area contributed by atoms with Gasteiger partial charge in [0, 0.05) is 4.47 Å². The number of methoxy groups -OCH3 is 2. The minimum absolute atomic E-state index is 0.209. The second-order valence-electron chi connectivity index (χ2n) is 2.64. The first-order valence-corrected chi connectivity index (χ1v) is 4.79. The van der Waals surface area contributed by atoms with Gasteiger partial charge in [0.25, 0.3) is 0 Å². The van der Waals surface area contributed by atoms with Crippen molar-refractivity contribution in [2.45, 2.75) is 0 Å². The Morgan fingerprint density at radius 2 is 2.13 bits per heavy atom. The third-order valence-electron chi connectivity index (χ3n) is 1.81. The predicted octanol–water partition coefficient (Wildman–Crippen LogP) is 2.12. The molecule has 0 fully saturated rings. The molecule has 0 saturated heterocycles. The molecule has 78 valence electrons. The van der Waals surface area contributed by atoms with E-state index < -0.39 is 5.97 Å². The number of benzene rings is 1. The van der Waals surface area contributed by atoms with Gasteiger partial charge in [0.15, 0.2) is 0 Å². The van der Waals surface area contributed by atoms with Crippen molar-refractivity contribution in [2.24, 2.45) is 0 Å². The van der Waals surface area contributed by atoms with Crippen molar-refractivity contribution < 1.29 is 14.3 Å². The van der Waals surface area contributed by atoms with Crippen LogP contribution in [0.3, 0.4) is 0 Å². The molecule has 5 heteroatoms. The molecule has 0 aliphatic carbocycles. The topological polar surface area (TPSA) is 59.3 Å². The van der Waals surface area contributed by atoms with Gasteiger partial charge in [-0.15, -0.1) is 0 Å². The van der Waals surface area contributed by atoms with E-state index in [1.165, 1.54) is 20.3 Å². The van der Waals surface area contributed by atoms with Crippen LogP contribution in [0.25, 0.3) is 0 Å². The number of nitriles is 1. The molecule has 0 unspecified atom stereocenters. The number of carbonyl (C=O) groups excluding carboxylic acids is 1. The molecule has 1 aromatic rings. The summed E-state index contributed by atoms with van der Waals surface area (Å²) >= 11 is 3.19. The monoisotopic (exact) mass is 269 g/mol. The lowest BCUT2D eigenvalue weighted by Crippen LogP contribution is -2.05. The molecule has 0 aliphatic heterocycles. The number of halogens is 1. The van der Waals surface area contributed by atoms with E-state index in [9.17, 15) is 4.79 Å². The Labute approximate surface area is 95.5 Å². The van der Waals surface area contributed by atoms with Crippen LogP contribution in [0.15, 0.2) is 16.6 Å². The molecular weight excluding hydrogens is 262 g/mol. The summed E-state index contributed by atoms with van der Waals surface area (Å²) < 4.78 is 10.0. The number of esters is 1. The molecule has 15 heavy (non-hydrogen) atoms. The van der Waals surface area contributed by atoms with Gasteiger partial charge in [0.1, 0.15) is 11.8 Å². The van der Waals surface area contributed by atoms with Crippen molar-refractivity contribution in [3.63, 3.8) is 0 Å². The number of hydrogen-bond donors (Lipinski definition) is 0. The largest absolute Gasteiger partial charge is 0.497 e. The highest BCUT2D eigenvalue weighted by atomic mass is 79.9. The summed E-state index contributed by atoms with van der Waals surface area (Å²) in [6, 6.07) is 5.00. The summed E-state index contributed by atoms with van der Waals surface area (Å²) in [7, 11) is 2.75. The summed E-state index contributed by atoms with van der Waals surface area (Å²) in [6.07, 6.45) is 0. The highest BCUT2D eigenvalue weighted by Gasteiger charge is 2.17. The Morgan fingerprint density at radius 1 is 1.47 bits per heavy atom. The molecule has 0 heterocycles. The van der Waals surface area contributed by atoms with E-state index >= 15 is 0 Å². The van der Waals surface area contributed by atoms with Crippen LogP contribution in [0.2, 0.25) is 0 Å². The van der Waals surface area contributed by atoms with E-state index in [-0.39, 0.29) is 11.1 Å². The molecule has 1 rings (SSSR count). The minimum atomic E-state index is -0.555. The van der Waals surface area contributed by atoms with Crippen molar-refractivity contribution in [1.29, 1.82) is 5.26 Å². The van der Waals surface area contributed by atoms with E-state index in [0.717, 1.165) is 0 Å². The zero-order chi connectivity index (χ0) is 11.4. The summed E-state index contributed by atoms with van der Waals surface area (Å²) in [4.78, 5) is 11.4. The van der Waals surface area contributed by atoms with Gasteiger partial charge in [-0.1, -0.05) is 0 Å². The Morgan fingerprint density at radius 3 is 2.60 bits per heavy atom. The van der Waals surface area contributed by atoms with Gasteiger partial charge >= 0.3 is 5.97 Å². The maximum absolute atomic E-state index is 11.4. The summed E-state index contributed by atoms with van der Waals surface area (Å²) in [5, 5.41) is 8.87. The molecule has 0 radical (unpaired) electrons. The molecule has 0 aliphatic rings. The highest BCUT2D eigenvalue weighted by Crippen LogP contribution is 2.27. The molecule has 0 aromatic heterocycles. The minimum Gasteiger partial charge on any atom is -0.497 e. The number of nitrogens with zero attached hydrogens (tertiary/aromatic N) is 1. The number of carbonyl (C=O) groups is 1. The molecule has 0 bridgehead atoms. The SMILES string of the molecule is COC(=O)c1c(Br)cc(OC)cc1C#N. The van der Waals surface area contributed by atoms with Gasteiger partial charge in [-0.3, -0.25) is 0 Å². The van der Waals surface area contributed by atoms with E-state index in [1.54, 1.807) is 6.07 Å². The lowest BCUT2D eigenvalue weighted by molar-refractivity contribution is 0.0599. The van der Waals surface area contributed by atoms with Crippen molar-refractivity contribution in [3.8, 4) is 11.8 Å². The van der Waals surface area contributed by atoms with Crippen molar-refractivity contribution in [3.05, 3.63) is 27.7 Å². The van der Waals surface area contributed by atoms with Crippen LogP contribution in [-0.2, 0) is 4.74 Å². The van der Waals surface area contributed by atoms with Crippen LogP contribution in [0.4, 0.5) is 0 Å². The van der Waals surface area contributed by atoms with E-state index in [2.05, 4.69) is 20.7 Å². The van der Waals surface area contributed by atoms with E-state index in [4.69, 9.17) is 10.00 Å². The van der Waals surface area contributed by atoms with Crippen LogP contribution >= 0.6 is 15.9 Å². The van der Waals surface area contributed by atoms with E-state index in [1.807, 2.05) is 6.07 Å². The Hall–Kier alpha value is -1.54. The third-order valence-corrected chi connectivity index (χ3v) is 2.43. The van der Waals surface area contributed by atoms with Crippen LogP contribution in [0, 0.1) is 11.3 Å². The first kappa shape index (κ1) is 11.5. The standard InChI is InChI=1S/C10H8BrNO3/c1-14-7-3-6(5-12)9(8(11)4-7)10(13)15-2/h3-4H,1-2H3. The van der Waals surface area contributed by atoms with Crippen LogP contribution in [-0.4, -0.2) is 20.2 Å². The first-order chi connectivity index (χ1) is 7.13. The fourth-order valence-electron chi connectivity index (χ4n) is 1.10. The van der Waals surface area contributed by atoms with Crippen molar-refractivity contribution >= 4 is 21.9 Å². The molecule has 0 spiro atoms. The Bertz CT molecular complexity index is 437. The van der Waals surface area contributed by atoms with Crippen LogP contribution < -0.4 is 4.74 Å². The molecule has 0 N–H and O–H groups in total. The molecule has 0 saturated carbocycles. The fraction of sp³-hybridized carbons (Fsp3) is 0.200. The summed E-state index contributed by atoms with van der Waals surface area (Å²) in [6.45, 7) is 0. The Balaban J connectivity index is 3.39. The van der Waals surface area contributed by atoms with Gasteiger partial charge < -0.3 is 9.47 Å². The van der Waals surface area contributed by atoms with Gasteiger partial charge in [-0.05, 0) is 28.1 Å². The van der Waals surface area contributed by atoms with Crippen molar-refractivity contribution in [2.75, 3.05) is 14.2 Å². The second kappa shape index (κ2) is 4.80. The predicted molar refractivity (Wildman–Crippen MR) is 56.7 cm³/mol. The first-order valence-electron chi connectivity index (χ1n) is 4.00. The molecule has 1 aromatic carbocycles. The number of rotatable bonds is 2. The van der Waals surface area contributed by atoms with Crippen molar-refractivity contribution in [1.82, 2.24) is 0 Å². The average Bonchev–Trinajstić information content (AvgIpc) is 2.26. The van der Waals surface area contributed by atoms with Gasteiger partial charge in [0.05, 0.1) is 25.3 Å². The lowest BCUT2D eigenvalue weighted by Gasteiger charge is -2.07. The number of ether oxygens (including phenoxy) is 2. The average molecular weight is 270 g/mol. The quantitative estimate of drug-likeness (QED) is 0.772. The molecule has 0 amide bonds. The van der Waals surface area contributed by atoms with Crippen LogP contribution in [0.1, 0.15) is 15.9 Å². The lowest BCUT2D eigenvalue weighted by atomic mass is 10.1.